The average molecular weight is 593 g/mol. The maximum Gasteiger partial charge on any atom is 0.233 e. The summed E-state index contributed by atoms with van der Waals surface area (Å²) >= 11 is 12.8. The Hall–Kier alpha value is -2.86. The molecule has 0 N–H and O–H groups in total. The van der Waals surface area contributed by atoms with Gasteiger partial charge >= 0.3 is 0 Å². The second kappa shape index (κ2) is 11.8. The summed E-state index contributed by atoms with van der Waals surface area (Å²) < 4.78 is 0. The number of hydrogen-bond donors (Lipinski definition) is 0. The van der Waals surface area contributed by atoms with Crippen molar-refractivity contribution >= 4 is 35.0 Å². The molecule has 3 aromatic carbocycles. The van der Waals surface area contributed by atoms with Crippen molar-refractivity contribution in [2.75, 3.05) is 33.7 Å². The van der Waals surface area contributed by atoms with Crippen molar-refractivity contribution in [3.8, 4) is 0 Å². The molecule has 0 aromatic heterocycles. The lowest BCUT2D eigenvalue weighted by molar-refractivity contribution is -0.137. The molecule has 216 valence electrons. The largest absolute Gasteiger partial charge is 0.338 e. The molecule has 7 heteroatoms. The SMILES string of the molecule is CC(=O)N(C)C1(c2ccccc2)CCN(C[C@@H]2C[C@@]2(C(=O)N(C)[C@@H](C)c2ccccc2)c2ccc(Cl)c(Cl)c2)CC1. The van der Waals surface area contributed by atoms with Crippen molar-refractivity contribution in [3.05, 3.63) is 106 Å². The van der Waals surface area contributed by atoms with Gasteiger partial charge in [-0.15, -0.1) is 0 Å². The van der Waals surface area contributed by atoms with Gasteiger partial charge in [-0.3, -0.25) is 9.59 Å². The molecule has 0 spiro atoms. The predicted octanol–water partition coefficient (Wildman–Crippen LogP) is 6.94. The second-order valence-corrected chi connectivity index (χ2v) is 12.6. The van der Waals surface area contributed by atoms with Crippen LogP contribution >= 0.6 is 23.2 Å². The minimum Gasteiger partial charge on any atom is -0.338 e. The highest BCUT2D eigenvalue weighted by atomic mass is 35.5. The van der Waals surface area contributed by atoms with E-state index >= 15 is 0 Å². The molecule has 1 saturated heterocycles. The van der Waals surface area contributed by atoms with Gasteiger partial charge in [0, 0.05) is 40.7 Å². The van der Waals surface area contributed by atoms with Crippen molar-refractivity contribution < 1.29 is 9.59 Å². The number of nitrogens with zero attached hydrogens (tertiary/aromatic N) is 3. The van der Waals surface area contributed by atoms with E-state index in [0.717, 1.165) is 50.0 Å². The van der Waals surface area contributed by atoms with Crippen LogP contribution < -0.4 is 0 Å². The van der Waals surface area contributed by atoms with E-state index in [0.29, 0.717) is 10.0 Å². The summed E-state index contributed by atoms with van der Waals surface area (Å²) in [6, 6.07) is 26.1. The van der Waals surface area contributed by atoms with Gasteiger partial charge in [0.2, 0.25) is 11.8 Å². The normalized spacial score (nSPS) is 22.5. The molecule has 5 rings (SSSR count). The Kier molecular flexibility index (Phi) is 8.52. The highest BCUT2D eigenvalue weighted by molar-refractivity contribution is 6.42. The van der Waals surface area contributed by atoms with E-state index in [2.05, 4.69) is 36.1 Å². The van der Waals surface area contributed by atoms with E-state index < -0.39 is 5.41 Å². The number of rotatable bonds is 8. The Labute approximate surface area is 254 Å². The fourth-order valence-corrected chi connectivity index (χ4v) is 7.09. The van der Waals surface area contributed by atoms with Gasteiger partial charge < -0.3 is 14.7 Å². The molecule has 5 nitrogen and oxygen atoms in total. The summed E-state index contributed by atoms with van der Waals surface area (Å²) in [7, 11) is 3.82. The van der Waals surface area contributed by atoms with Crippen molar-refractivity contribution in [3.63, 3.8) is 0 Å². The number of piperidine rings is 1. The number of likely N-dealkylation sites (tertiary alicyclic amines) is 1. The average Bonchev–Trinajstić information content (AvgIpc) is 3.72. The van der Waals surface area contributed by atoms with Crippen molar-refractivity contribution in [2.45, 2.75) is 50.1 Å². The molecule has 41 heavy (non-hydrogen) atoms. The zero-order valence-electron chi connectivity index (χ0n) is 24.3. The third-order valence-corrected chi connectivity index (χ3v) is 10.4. The van der Waals surface area contributed by atoms with Gasteiger partial charge in [0.25, 0.3) is 0 Å². The number of amides is 2. The number of carbonyl (C=O) groups excluding carboxylic acids is 2. The van der Waals surface area contributed by atoms with Gasteiger partial charge in [-0.2, -0.15) is 0 Å². The third-order valence-electron chi connectivity index (χ3n) is 9.69. The van der Waals surface area contributed by atoms with Crippen LogP contribution in [0.25, 0.3) is 0 Å². The van der Waals surface area contributed by atoms with E-state index in [4.69, 9.17) is 23.2 Å². The third kappa shape index (κ3) is 5.52. The lowest BCUT2D eigenvalue weighted by Crippen LogP contribution is -2.53. The Balaban J connectivity index is 1.37. The second-order valence-electron chi connectivity index (χ2n) is 11.8. The van der Waals surface area contributed by atoms with Crippen LogP contribution in [0.5, 0.6) is 0 Å². The molecule has 0 radical (unpaired) electrons. The fourth-order valence-electron chi connectivity index (χ4n) is 6.79. The standard InChI is InChI=1S/C34H39Cl2N3O2/c1-24(26-11-7-5-8-12-26)37(3)32(41)34(28-15-16-30(35)31(36)21-28)22-29(34)23-39-19-17-33(18-20-39,38(4)25(2)40)27-13-9-6-10-14-27/h5-16,21,24,29H,17-20,22-23H2,1-4H3/t24-,29-,34+/m0/s1. The van der Waals surface area contributed by atoms with Crippen molar-refractivity contribution in [1.29, 1.82) is 0 Å². The van der Waals surface area contributed by atoms with Crippen LogP contribution in [0, 0.1) is 5.92 Å². The van der Waals surface area contributed by atoms with E-state index in [1.165, 1.54) is 5.56 Å². The van der Waals surface area contributed by atoms with E-state index in [-0.39, 0.29) is 29.3 Å². The van der Waals surface area contributed by atoms with Crippen LogP contribution in [0.15, 0.2) is 78.9 Å². The molecule has 3 atom stereocenters. The van der Waals surface area contributed by atoms with Crippen molar-refractivity contribution in [1.82, 2.24) is 14.7 Å². The molecule has 2 fully saturated rings. The molecule has 1 heterocycles. The topological polar surface area (TPSA) is 43.9 Å². The van der Waals surface area contributed by atoms with Gasteiger partial charge in [-0.05, 0) is 60.9 Å². The maximum absolute atomic E-state index is 14.3. The van der Waals surface area contributed by atoms with Crippen LogP contribution in [0.1, 0.15) is 55.8 Å². The molecular formula is C34H39Cl2N3O2. The van der Waals surface area contributed by atoms with Crippen molar-refractivity contribution in [2.24, 2.45) is 5.92 Å². The Morgan fingerprint density at radius 3 is 2.10 bits per heavy atom. The molecule has 2 aliphatic rings. The number of carbonyl (C=O) groups is 2. The summed E-state index contributed by atoms with van der Waals surface area (Å²) in [5, 5.41) is 0.961. The minimum absolute atomic E-state index is 0.0619. The van der Waals surface area contributed by atoms with Gasteiger partial charge in [0.15, 0.2) is 0 Å². The first-order chi connectivity index (χ1) is 19.6. The zero-order chi connectivity index (χ0) is 29.4. The first-order valence-electron chi connectivity index (χ1n) is 14.4. The van der Waals surface area contributed by atoms with E-state index in [1.54, 1.807) is 13.0 Å². The number of benzene rings is 3. The van der Waals surface area contributed by atoms with Crippen LogP contribution in [-0.2, 0) is 20.5 Å². The summed E-state index contributed by atoms with van der Waals surface area (Å²) in [6.45, 7) is 6.24. The van der Waals surface area contributed by atoms with Crippen LogP contribution in [0.4, 0.5) is 0 Å². The number of likely N-dealkylation sites (N-methyl/N-ethyl adjacent to an activating group) is 1. The van der Waals surface area contributed by atoms with Gasteiger partial charge in [-0.25, -0.2) is 0 Å². The first kappa shape index (κ1) is 29.6. The number of hydrogen-bond acceptors (Lipinski definition) is 3. The van der Waals surface area contributed by atoms with Crippen LogP contribution in [0.2, 0.25) is 10.0 Å². The maximum atomic E-state index is 14.3. The summed E-state index contributed by atoms with van der Waals surface area (Å²) in [5.74, 6) is 0.348. The smallest absolute Gasteiger partial charge is 0.233 e. The highest BCUT2D eigenvalue weighted by Crippen LogP contribution is 2.57. The molecule has 1 saturated carbocycles. The molecule has 0 bridgehead atoms. The lowest BCUT2D eigenvalue weighted by Gasteiger charge is -2.48. The van der Waals surface area contributed by atoms with Crippen LogP contribution in [-0.4, -0.2) is 60.2 Å². The highest BCUT2D eigenvalue weighted by Gasteiger charge is 2.62. The first-order valence-corrected chi connectivity index (χ1v) is 15.2. The minimum atomic E-state index is -0.643. The molecular weight excluding hydrogens is 553 g/mol. The van der Waals surface area contributed by atoms with E-state index in [1.807, 2.05) is 72.4 Å². The molecule has 2 amide bonds. The monoisotopic (exact) mass is 591 g/mol. The molecule has 3 aromatic rings. The fraction of sp³-hybridized carbons (Fsp3) is 0.412. The number of halogens is 2. The van der Waals surface area contributed by atoms with E-state index in [9.17, 15) is 9.59 Å². The zero-order valence-corrected chi connectivity index (χ0v) is 25.8. The molecule has 1 aliphatic carbocycles. The Bertz CT molecular complexity index is 1390. The van der Waals surface area contributed by atoms with Crippen LogP contribution in [0.3, 0.4) is 0 Å². The Morgan fingerprint density at radius 2 is 1.51 bits per heavy atom. The van der Waals surface area contributed by atoms with Gasteiger partial charge in [0.1, 0.15) is 0 Å². The predicted molar refractivity (Wildman–Crippen MR) is 166 cm³/mol. The quantitative estimate of drug-likeness (QED) is 0.285. The van der Waals surface area contributed by atoms with Gasteiger partial charge in [0.05, 0.1) is 27.0 Å². The molecule has 1 aliphatic heterocycles. The summed E-state index contributed by atoms with van der Waals surface area (Å²) in [4.78, 5) is 33.1. The Morgan fingerprint density at radius 1 is 0.902 bits per heavy atom. The summed E-state index contributed by atoms with van der Waals surface area (Å²) in [5.41, 5.74) is 2.25. The lowest BCUT2D eigenvalue weighted by atomic mass is 9.79. The summed E-state index contributed by atoms with van der Waals surface area (Å²) in [6.07, 6.45) is 2.46. The van der Waals surface area contributed by atoms with Gasteiger partial charge in [-0.1, -0.05) is 89.9 Å². The molecule has 0 unspecified atom stereocenters.